The van der Waals surface area contributed by atoms with Crippen LogP contribution in [0.1, 0.15) is 37.0 Å². The van der Waals surface area contributed by atoms with Gasteiger partial charge in [-0.25, -0.2) is 0 Å². The summed E-state index contributed by atoms with van der Waals surface area (Å²) >= 11 is 0.946. The molecule has 0 heterocycles. The maximum absolute atomic E-state index is 11.8. The van der Waals surface area contributed by atoms with Crippen molar-refractivity contribution in [2.45, 2.75) is 26.7 Å². The van der Waals surface area contributed by atoms with E-state index < -0.39 is 0 Å². The molecule has 1 aromatic rings. The van der Waals surface area contributed by atoms with Crippen molar-refractivity contribution < 1.29 is 8.98 Å². The predicted molar refractivity (Wildman–Crippen MR) is 70.2 cm³/mol. The van der Waals surface area contributed by atoms with Crippen molar-refractivity contribution in [3.05, 3.63) is 29.8 Å². The summed E-state index contributed by atoms with van der Waals surface area (Å²) in [7, 11) is 1.11. The molecule has 2 nitrogen and oxygen atoms in total. The average Bonchev–Trinajstić information content (AvgIpc) is 2.34. The monoisotopic (exact) mass is 237 g/mol. The van der Waals surface area contributed by atoms with Gasteiger partial charge < -0.3 is 4.18 Å². The van der Waals surface area contributed by atoms with Crippen LogP contribution in [0, 0.1) is 5.92 Å². The van der Waals surface area contributed by atoms with Gasteiger partial charge in [-0.05, 0) is 49.8 Å². The Morgan fingerprint density at radius 1 is 1.50 bits per heavy atom. The number of hydrogen-bond donors (Lipinski definition) is 0. The second-order valence-corrected chi connectivity index (χ2v) is 4.42. The summed E-state index contributed by atoms with van der Waals surface area (Å²) in [5, 5.41) is 0. The fourth-order valence-electron chi connectivity index (χ4n) is 1.32. The zero-order chi connectivity index (χ0) is 12.7. The quantitative estimate of drug-likeness (QED) is 0.414. The van der Waals surface area contributed by atoms with Crippen molar-refractivity contribution >= 4 is 24.8 Å². The predicted octanol–water partition coefficient (Wildman–Crippen LogP) is 3.15. The maximum Gasteiger partial charge on any atom is 0.227 e. The number of benzene rings is 1. The van der Waals surface area contributed by atoms with Crippen LogP contribution in [0.2, 0.25) is 0 Å². The van der Waals surface area contributed by atoms with Crippen molar-refractivity contribution in [3.8, 4) is 5.75 Å². The molecule has 0 saturated carbocycles. The number of Topliss-reactive ketones (excluding diaryl/α,β-unsaturated/α-hetero) is 1. The third-order valence-electron chi connectivity index (χ3n) is 2.27. The van der Waals surface area contributed by atoms with Gasteiger partial charge in [0.05, 0.1) is 0 Å². The second-order valence-electron chi connectivity index (χ2n) is 4.06. The van der Waals surface area contributed by atoms with Gasteiger partial charge >= 0.3 is 0 Å². The molecule has 1 rings (SSSR count). The van der Waals surface area contributed by atoms with E-state index in [1.54, 1.807) is 24.3 Å². The summed E-state index contributed by atoms with van der Waals surface area (Å²) in [6.45, 7) is 4.22. The first kappa shape index (κ1) is 11.6. The number of carbonyl (C=O) groups excluding carboxylic acids is 1. The smallest absolute Gasteiger partial charge is 0.227 e. The fraction of sp³-hybridized carbons (Fsp3) is 0.417. The highest BCUT2D eigenvalue weighted by Gasteiger charge is 2.06. The highest BCUT2D eigenvalue weighted by Crippen LogP contribution is 2.17. The van der Waals surface area contributed by atoms with Crippen LogP contribution >= 0.6 is 11.9 Å². The van der Waals surface area contributed by atoms with Gasteiger partial charge in [0.2, 0.25) is 7.09 Å². The molecule has 16 heavy (non-hydrogen) atoms. The molecule has 0 spiro atoms. The zero-order valence-electron chi connectivity index (χ0n) is 10.6. The minimum absolute atomic E-state index is 0.171. The first-order valence-corrected chi connectivity index (χ1v) is 6.10. The number of ketones is 1. The molecule has 0 aliphatic rings. The number of rotatable bonds is 7. The van der Waals surface area contributed by atoms with E-state index in [9.17, 15) is 4.79 Å². The van der Waals surface area contributed by atoms with Gasteiger partial charge in [0, 0.05) is 12.0 Å². The van der Waals surface area contributed by atoms with Gasteiger partial charge in [0.15, 0.2) is 5.78 Å². The molecule has 85 valence electrons. The van der Waals surface area contributed by atoms with Crippen molar-refractivity contribution in [2.24, 2.45) is 5.92 Å². The molecule has 4 heteroatoms. The van der Waals surface area contributed by atoms with Crippen LogP contribution in [0.3, 0.4) is 0 Å². The lowest BCUT2D eigenvalue weighted by molar-refractivity contribution is 0.0975. The molecule has 0 unspecified atom stereocenters. The van der Waals surface area contributed by atoms with Crippen molar-refractivity contribution in [2.75, 3.05) is 0 Å². The van der Waals surface area contributed by atoms with Crippen LogP contribution in [0.4, 0.5) is 0 Å². The Morgan fingerprint density at radius 2 is 2.19 bits per heavy atom. The molecule has 0 atom stereocenters. The molecular weight excluding hydrogens is 219 g/mol. The topological polar surface area (TPSA) is 26.3 Å². The van der Waals surface area contributed by atoms with Crippen LogP contribution < -0.4 is 4.18 Å². The van der Waals surface area contributed by atoms with Crippen LogP contribution in [0.15, 0.2) is 24.3 Å². The molecule has 1 aromatic carbocycles. The normalized spacial score (nSPS) is 11.1. The molecule has 0 N–H and O–H groups in total. The molecule has 0 bridgehead atoms. The second kappa shape index (κ2) is 6.64. The Hall–Kier alpha value is -0.895. The zero-order valence-corrected chi connectivity index (χ0v) is 10.4. The summed E-state index contributed by atoms with van der Waals surface area (Å²) in [5.41, 5.74) is 0.720. The molecule has 0 saturated heterocycles. The summed E-state index contributed by atoms with van der Waals surface area (Å²) in [5.74, 6) is 1.37. The molecule has 0 fully saturated rings. The minimum atomic E-state index is 0.171. The molecule has 0 aromatic heterocycles. The SMILES string of the molecule is [3H][B]SOc1ccc(C(=O)CCC(C)C)cc1. The Bertz CT molecular complexity index is 354. The minimum Gasteiger partial charge on any atom is -0.439 e. The summed E-state index contributed by atoms with van der Waals surface area (Å²) < 4.78 is 12.0. The fourth-order valence-corrected chi connectivity index (χ4v) is 1.54. The highest BCUT2D eigenvalue weighted by molar-refractivity contribution is 8.16. The summed E-state index contributed by atoms with van der Waals surface area (Å²) in [4.78, 5) is 11.8. The summed E-state index contributed by atoms with van der Waals surface area (Å²) in [6, 6.07) is 7.03. The molecule has 1 radical (unpaired) electrons. The Balaban J connectivity index is 2.51. The van der Waals surface area contributed by atoms with Crippen molar-refractivity contribution in [3.63, 3.8) is 0 Å². The van der Waals surface area contributed by atoms with Gasteiger partial charge in [-0.2, -0.15) is 0 Å². The van der Waals surface area contributed by atoms with Gasteiger partial charge in [0.25, 0.3) is 0 Å². The van der Waals surface area contributed by atoms with Crippen LogP contribution in [-0.4, -0.2) is 14.2 Å². The number of hydrogen-bond acceptors (Lipinski definition) is 3. The van der Waals surface area contributed by atoms with E-state index in [-0.39, 0.29) is 5.78 Å². The Labute approximate surface area is 104 Å². The molecule has 0 amide bonds. The first-order chi connectivity index (χ1) is 8.13. The lowest BCUT2D eigenvalue weighted by Crippen LogP contribution is -2.01. The Morgan fingerprint density at radius 3 is 2.75 bits per heavy atom. The number of carbonyl (C=O) groups is 1. The Kier molecular flexibility index (Phi) is 4.81. The van der Waals surface area contributed by atoms with Crippen LogP contribution in [0.25, 0.3) is 0 Å². The van der Waals surface area contributed by atoms with E-state index >= 15 is 0 Å². The van der Waals surface area contributed by atoms with Crippen LogP contribution in [-0.2, 0) is 0 Å². The summed E-state index contributed by atoms with van der Waals surface area (Å²) in [6.07, 6.45) is 1.51. The van der Waals surface area contributed by atoms with Gasteiger partial charge in [0.1, 0.15) is 5.75 Å². The lowest BCUT2D eigenvalue weighted by atomic mass is 10.0. The average molecular weight is 237 g/mol. The standard InChI is InChI=1S/C12H16BO2S/c1-9(2)3-8-12(14)10-4-6-11(7-5-10)15-16-13/h4-7,9,13H,3,8H2,1-2H3/i13T. The van der Waals surface area contributed by atoms with Crippen LogP contribution in [0.5, 0.6) is 5.75 Å². The van der Waals surface area contributed by atoms with E-state index in [0.717, 1.165) is 31.0 Å². The van der Waals surface area contributed by atoms with Gasteiger partial charge in [-0.3, -0.25) is 4.79 Å². The van der Waals surface area contributed by atoms with Crippen molar-refractivity contribution in [1.82, 2.24) is 0 Å². The van der Waals surface area contributed by atoms with E-state index in [0.29, 0.717) is 18.1 Å². The largest absolute Gasteiger partial charge is 0.439 e. The lowest BCUT2D eigenvalue weighted by Gasteiger charge is -2.05. The van der Waals surface area contributed by atoms with E-state index in [1.165, 1.54) is 0 Å². The molecule has 0 aliphatic carbocycles. The van der Waals surface area contributed by atoms with Crippen molar-refractivity contribution in [1.29, 1.82) is 1.34 Å². The van der Waals surface area contributed by atoms with E-state index in [1.807, 2.05) is 0 Å². The van der Waals surface area contributed by atoms with E-state index in [4.69, 9.17) is 5.52 Å². The third-order valence-corrected chi connectivity index (χ3v) is 2.56. The molecular formula is C12H16BO2S. The van der Waals surface area contributed by atoms with Gasteiger partial charge in [-0.15, -0.1) is 0 Å². The van der Waals surface area contributed by atoms with Gasteiger partial charge in [-0.1, -0.05) is 13.8 Å². The molecule has 0 aliphatic heterocycles. The van der Waals surface area contributed by atoms with E-state index in [2.05, 4.69) is 13.8 Å². The highest BCUT2D eigenvalue weighted by atomic mass is 32.2. The third kappa shape index (κ3) is 4.31. The maximum atomic E-state index is 11.8. The first-order valence-electron chi connectivity index (χ1n) is 5.88.